The number of nitrogen functional groups attached to an aromatic ring is 1. The zero-order valence-electron chi connectivity index (χ0n) is 15.2. The van der Waals surface area contributed by atoms with Crippen LogP contribution in [0.15, 0.2) is 48.5 Å². The molecule has 2 aromatic carbocycles. The SMILES string of the molecule is COc1c(Cl)ccc(-c2cc(N)c(Cl)c(C(=O)NOCc3ccccc3)n2)c1F. The Morgan fingerprint density at radius 2 is 1.93 bits per heavy atom. The smallest absolute Gasteiger partial charge is 0.295 e. The summed E-state index contributed by atoms with van der Waals surface area (Å²) in [5.74, 6) is -1.60. The van der Waals surface area contributed by atoms with Crippen LogP contribution >= 0.6 is 23.2 Å². The van der Waals surface area contributed by atoms with Crippen LogP contribution in [-0.2, 0) is 11.4 Å². The Balaban J connectivity index is 1.87. The number of aromatic nitrogens is 1. The first-order chi connectivity index (χ1) is 13.9. The molecule has 29 heavy (non-hydrogen) atoms. The first-order valence-corrected chi connectivity index (χ1v) is 9.12. The van der Waals surface area contributed by atoms with Gasteiger partial charge in [0.15, 0.2) is 17.3 Å². The highest BCUT2D eigenvalue weighted by Gasteiger charge is 2.21. The maximum Gasteiger partial charge on any atom is 0.295 e. The van der Waals surface area contributed by atoms with Crippen LogP contribution in [0.5, 0.6) is 5.75 Å². The van der Waals surface area contributed by atoms with Gasteiger partial charge >= 0.3 is 0 Å². The summed E-state index contributed by atoms with van der Waals surface area (Å²) in [6.45, 7) is 0.141. The standard InChI is InChI=1S/C20H16Cl2FN3O3/c1-28-19-13(21)8-7-12(17(19)23)15-9-14(24)16(22)18(25-15)20(27)26-29-10-11-5-3-2-4-6-11/h2-9H,10H2,1H3,(H2,24,25)(H,26,27). The third-order valence-electron chi connectivity index (χ3n) is 3.98. The Bertz CT molecular complexity index is 1050. The number of carbonyl (C=O) groups excluding carboxylic acids is 1. The molecule has 6 nitrogen and oxygen atoms in total. The lowest BCUT2D eigenvalue weighted by atomic mass is 10.1. The van der Waals surface area contributed by atoms with E-state index in [0.29, 0.717) is 0 Å². The molecule has 0 saturated carbocycles. The Morgan fingerprint density at radius 1 is 1.21 bits per heavy atom. The van der Waals surface area contributed by atoms with Gasteiger partial charge in [0.2, 0.25) is 0 Å². The summed E-state index contributed by atoms with van der Waals surface area (Å²) in [5.41, 5.74) is 9.00. The van der Waals surface area contributed by atoms with Crippen LogP contribution in [0, 0.1) is 5.82 Å². The van der Waals surface area contributed by atoms with Gasteiger partial charge < -0.3 is 10.5 Å². The van der Waals surface area contributed by atoms with E-state index >= 15 is 0 Å². The Kier molecular flexibility index (Phi) is 6.53. The van der Waals surface area contributed by atoms with Crippen molar-refractivity contribution in [3.63, 3.8) is 0 Å². The Labute approximate surface area is 176 Å². The van der Waals surface area contributed by atoms with Gasteiger partial charge in [-0.2, -0.15) is 0 Å². The second-order valence-electron chi connectivity index (χ2n) is 5.91. The molecule has 0 fully saturated rings. The summed E-state index contributed by atoms with van der Waals surface area (Å²) in [5, 5.41) is 0.0267. The van der Waals surface area contributed by atoms with E-state index in [1.165, 1.54) is 25.3 Å². The molecule has 0 aliphatic rings. The maximum absolute atomic E-state index is 14.7. The highest BCUT2D eigenvalue weighted by atomic mass is 35.5. The normalized spacial score (nSPS) is 10.6. The summed E-state index contributed by atoms with van der Waals surface area (Å²) in [4.78, 5) is 21.8. The molecule has 0 unspecified atom stereocenters. The molecular weight excluding hydrogens is 420 g/mol. The van der Waals surface area contributed by atoms with Gasteiger partial charge in [-0.3, -0.25) is 9.63 Å². The number of halogens is 3. The van der Waals surface area contributed by atoms with Crippen molar-refractivity contribution in [2.75, 3.05) is 12.8 Å². The number of hydrogen-bond donors (Lipinski definition) is 2. The average molecular weight is 436 g/mol. The minimum absolute atomic E-state index is 0.0499. The lowest BCUT2D eigenvalue weighted by molar-refractivity contribution is 0.0229. The van der Waals surface area contributed by atoms with Crippen LogP contribution in [0.3, 0.4) is 0 Å². The summed E-state index contributed by atoms with van der Waals surface area (Å²) >= 11 is 12.0. The number of ether oxygens (including phenoxy) is 1. The molecular formula is C20H16Cl2FN3O3. The number of nitrogens with zero attached hydrogens (tertiary/aromatic N) is 1. The number of pyridine rings is 1. The molecule has 0 spiro atoms. The van der Waals surface area contributed by atoms with Crippen molar-refractivity contribution < 1.29 is 18.8 Å². The predicted molar refractivity (Wildman–Crippen MR) is 109 cm³/mol. The first kappa shape index (κ1) is 20.9. The molecule has 1 heterocycles. The maximum atomic E-state index is 14.7. The fourth-order valence-corrected chi connectivity index (χ4v) is 2.97. The van der Waals surface area contributed by atoms with Gasteiger partial charge in [0, 0.05) is 5.56 Å². The summed E-state index contributed by atoms with van der Waals surface area (Å²) in [6, 6.07) is 13.5. The van der Waals surface area contributed by atoms with Gasteiger partial charge in [-0.25, -0.2) is 14.9 Å². The van der Waals surface area contributed by atoms with Crippen molar-refractivity contribution in [1.82, 2.24) is 10.5 Å². The first-order valence-electron chi connectivity index (χ1n) is 8.36. The van der Waals surface area contributed by atoms with Crippen molar-refractivity contribution in [1.29, 1.82) is 0 Å². The number of nitrogens with one attached hydrogen (secondary N) is 1. The molecule has 0 radical (unpaired) electrons. The van der Waals surface area contributed by atoms with E-state index in [1.54, 1.807) is 0 Å². The quantitative estimate of drug-likeness (QED) is 0.550. The topological polar surface area (TPSA) is 86.5 Å². The summed E-state index contributed by atoms with van der Waals surface area (Å²) < 4.78 is 19.7. The molecule has 3 rings (SSSR count). The lowest BCUT2D eigenvalue weighted by Gasteiger charge is -2.12. The van der Waals surface area contributed by atoms with E-state index in [4.69, 9.17) is 38.5 Å². The highest BCUT2D eigenvalue weighted by Crippen LogP contribution is 2.36. The van der Waals surface area contributed by atoms with Crippen molar-refractivity contribution >= 4 is 34.8 Å². The minimum Gasteiger partial charge on any atom is -0.492 e. The van der Waals surface area contributed by atoms with Gasteiger partial charge in [0.05, 0.1) is 35.1 Å². The van der Waals surface area contributed by atoms with Crippen LogP contribution in [0.4, 0.5) is 10.1 Å². The minimum atomic E-state index is -0.735. The van der Waals surface area contributed by atoms with Crippen LogP contribution in [0.2, 0.25) is 10.0 Å². The van der Waals surface area contributed by atoms with Crippen LogP contribution in [-0.4, -0.2) is 18.0 Å². The van der Waals surface area contributed by atoms with Gasteiger partial charge in [0.1, 0.15) is 0 Å². The Hall–Kier alpha value is -2.87. The third kappa shape index (κ3) is 4.59. The molecule has 0 aliphatic carbocycles. The molecule has 1 aromatic heterocycles. The number of amides is 1. The zero-order valence-corrected chi connectivity index (χ0v) is 16.7. The number of nitrogens with two attached hydrogens (primary N) is 1. The third-order valence-corrected chi connectivity index (χ3v) is 4.67. The van der Waals surface area contributed by atoms with Crippen LogP contribution < -0.4 is 16.0 Å². The van der Waals surface area contributed by atoms with Crippen LogP contribution in [0.1, 0.15) is 16.1 Å². The van der Waals surface area contributed by atoms with E-state index in [-0.39, 0.29) is 45.0 Å². The summed E-state index contributed by atoms with van der Waals surface area (Å²) in [6.07, 6.45) is 0. The van der Waals surface area contributed by atoms with E-state index in [1.807, 2.05) is 30.3 Å². The molecule has 9 heteroatoms. The number of methoxy groups -OCH3 is 1. The summed E-state index contributed by atoms with van der Waals surface area (Å²) in [7, 11) is 1.29. The number of hydroxylamine groups is 1. The van der Waals surface area contributed by atoms with Crippen molar-refractivity contribution in [3.05, 3.63) is 75.7 Å². The molecule has 1 amide bonds. The number of hydrogen-bond acceptors (Lipinski definition) is 5. The fraction of sp³-hybridized carbons (Fsp3) is 0.100. The van der Waals surface area contributed by atoms with Crippen molar-refractivity contribution in [2.24, 2.45) is 0 Å². The van der Waals surface area contributed by atoms with E-state index in [0.717, 1.165) is 5.56 Å². The number of benzene rings is 2. The predicted octanol–water partition coefficient (Wildman–Crippen LogP) is 4.65. The number of anilines is 1. The second-order valence-corrected chi connectivity index (χ2v) is 6.69. The molecule has 3 N–H and O–H groups in total. The zero-order chi connectivity index (χ0) is 21.0. The van der Waals surface area contributed by atoms with E-state index < -0.39 is 11.7 Å². The number of rotatable bonds is 6. The fourth-order valence-electron chi connectivity index (χ4n) is 2.56. The molecule has 0 saturated heterocycles. The van der Waals surface area contributed by atoms with Gasteiger partial charge in [-0.1, -0.05) is 53.5 Å². The van der Waals surface area contributed by atoms with Gasteiger partial charge in [0.25, 0.3) is 5.91 Å². The molecule has 150 valence electrons. The lowest BCUT2D eigenvalue weighted by Crippen LogP contribution is -2.25. The molecule has 0 bridgehead atoms. The van der Waals surface area contributed by atoms with Gasteiger partial charge in [-0.15, -0.1) is 0 Å². The highest BCUT2D eigenvalue weighted by molar-refractivity contribution is 6.36. The largest absolute Gasteiger partial charge is 0.492 e. The molecule has 0 atom stereocenters. The van der Waals surface area contributed by atoms with E-state index in [9.17, 15) is 9.18 Å². The molecule has 3 aromatic rings. The monoisotopic (exact) mass is 435 g/mol. The Morgan fingerprint density at radius 3 is 2.62 bits per heavy atom. The van der Waals surface area contributed by atoms with Crippen molar-refractivity contribution in [2.45, 2.75) is 6.61 Å². The van der Waals surface area contributed by atoms with Crippen LogP contribution in [0.25, 0.3) is 11.3 Å². The molecule has 0 aliphatic heterocycles. The van der Waals surface area contributed by atoms with Crippen molar-refractivity contribution in [3.8, 4) is 17.0 Å². The average Bonchev–Trinajstić information content (AvgIpc) is 2.71. The van der Waals surface area contributed by atoms with Gasteiger partial charge in [-0.05, 0) is 23.8 Å². The second kappa shape index (κ2) is 9.09. The van der Waals surface area contributed by atoms with E-state index in [2.05, 4.69) is 10.5 Å². The number of carbonyl (C=O) groups is 1.